The lowest BCUT2D eigenvalue weighted by atomic mass is 9.91. The van der Waals surface area contributed by atoms with Crippen LogP contribution < -0.4 is 11.5 Å². The van der Waals surface area contributed by atoms with Crippen LogP contribution in [0.4, 0.5) is 46.5 Å². The summed E-state index contributed by atoms with van der Waals surface area (Å²) >= 11 is 6.14. The lowest BCUT2D eigenvalue weighted by molar-refractivity contribution is -0.376. The Balaban J connectivity index is 0.000000402. The minimum absolute atomic E-state index is 0.0770. The summed E-state index contributed by atoms with van der Waals surface area (Å²) in [7, 11) is 0. The third-order valence-corrected chi connectivity index (χ3v) is 8.20. The fourth-order valence-corrected chi connectivity index (χ4v) is 5.39. The molecule has 0 aliphatic carbocycles. The Labute approximate surface area is 272 Å². The molecule has 18 heteroatoms. The van der Waals surface area contributed by atoms with Crippen LogP contribution in [-0.4, -0.2) is 70.4 Å². The quantitative estimate of drug-likeness (QED) is 0.176. The molecule has 0 unspecified atom stereocenters. The van der Waals surface area contributed by atoms with Gasteiger partial charge in [0.15, 0.2) is 0 Å². The molecule has 0 radical (unpaired) electrons. The van der Waals surface area contributed by atoms with Gasteiger partial charge in [0.25, 0.3) is 11.5 Å². The molecule has 1 amide bonds. The van der Waals surface area contributed by atoms with Crippen molar-refractivity contribution in [2.75, 3.05) is 37.6 Å². The molecule has 6 N–H and O–H groups in total. The second-order valence-electron chi connectivity index (χ2n) is 9.98. The zero-order valence-electron chi connectivity index (χ0n) is 23.2. The Bertz CT molecular complexity index is 1580. The van der Waals surface area contributed by atoms with Gasteiger partial charge in [-0.15, -0.1) is 0 Å². The predicted octanol–water partition coefficient (Wildman–Crippen LogP) is 6.31. The molecule has 250 valence electrons. The predicted molar refractivity (Wildman–Crippen MR) is 158 cm³/mol. The number of carbonyl (C=O) groups is 2. The number of carbonyl (C=O) groups excluding carboxylic acids is 1. The van der Waals surface area contributed by atoms with Gasteiger partial charge in [0.1, 0.15) is 11.6 Å². The van der Waals surface area contributed by atoms with Gasteiger partial charge < -0.3 is 26.6 Å². The van der Waals surface area contributed by atoms with E-state index in [1.807, 2.05) is 4.90 Å². The molecule has 1 heterocycles. The summed E-state index contributed by atoms with van der Waals surface area (Å²) in [6, 6.07) is 7.81. The second-order valence-corrected chi connectivity index (χ2v) is 11.7. The highest BCUT2D eigenvalue weighted by Crippen LogP contribution is 2.50. The van der Waals surface area contributed by atoms with Gasteiger partial charge >= 0.3 is 18.3 Å². The van der Waals surface area contributed by atoms with Crippen LogP contribution in [0.25, 0.3) is 0 Å². The van der Waals surface area contributed by atoms with Crippen LogP contribution in [0, 0.1) is 11.6 Å². The Morgan fingerprint density at radius 3 is 1.63 bits per heavy atom. The number of aliphatic hydroxyl groups is 1. The summed E-state index contributed by atoms with van der Waals surface area (Å²) in [4.78, 5) is 26.5. The highest BCUT2D eigenvalue weighted by Gasteiger charge is 2.71. The summed E-state index contributed by atoms with van der Waals surface area (Å²) in [6.45, 7) is 1.50. The van der Waals surface area contributed by atoms with Gasteiger partial charge in [0.2, 0.25) is 0 Å². The maximum Gasteiger partial charge on any atom is 0.430 e. The highest BCUT2D eigenvalue weighted by atomic mass is 79.9. The minimum atomic E-state index is -5.95. The Hall–Kier alpha value is -3.48. The maximum atomic E-state index is 13.8. The van der Waals surface area contributed by atoms with E-state index >= 15 is 0 Å². The molecule has 0 saturated carbocycles. The van der Waals surface area contributed by atoms with Crippen LogP contribution in [-0.2, 0) is 12.1 Å². The lowest BCUT2D eigenvalue weighted by Crippen LogP contribution is -2.53. The van der Waals surface area contributed by atoms with Crippen molar-refractivity contribution in [1.29, 1.82) is 0 Å². The molecule has 0 bridgehead atoms. The van der Waals surface area contributed by atoms with E-state index in [1.165, 1.54) is 17.0 Å². The molecule has 1 fully saturated rings. The van der Waals surface area contributed by atoms with E-state index in [9.17, 15) is 49.8 Å². The highest BCUT2D eigenvalue weighted by molar-refractivity contribution is 9.10. The van der Waals surface area contributed by atoms with Crippen LogP contribution in [0.3, 0.4) is 0 Å². The summed E-state index contributed by atoms with van der Waals surface area (Å²) in [5.74, 6) is -3.05. The third kappa shape index (κ3) is 8.08. The second kappa shape index (κ2) is 14.1. The van der Waals surface area contributed by atoms with E-state index in [2.05, 4.69) is 31.9 Å². The Morgan fingerprint density at radius 2 is 1.20 bits per heavy atom. The third-order valence-electron chi connectivity index (χ3n) is 6.89. The van der Waals surface area contributed by atoms with Crippen molar-refractivity contribution in [2.24, 2.45) is 0 Å². The number of nitrogens with two attached hydrogens (primary N) is 2. The first kappa shape index (κ1) is 37.0. The first-order chi connectivity index (χ1) is 21.2. The first-order valence-electron chi connectivity index (χ1n) is 12.9. The van der Waals surface area contributed by atoms with Crippen molar-refractivity contribution in [3.05, 3.63) is 91.4 Å². The van der Waals surface area contributed by atoms with Crippen molar-refractivity contribution in [2.45, 2.75) is 24.5 Å². The van der Waals surface area contributed by atoms with Gasteiger partial charge in [-0.3, -0.25) is 9.69 Å². The van der Waals surface area contributed by atoms with E-state index in [-0.39, 0.29) is 46.6 Å². The zero-order chi connectivity index (χ0) is 34.8. The van der Waals surface area contributed by atoms with Crippen LogP contribution in [0.2, 0.25) is 0 Å². The van der Waals surface area contributed by atoms with E-state index in [1.54, 1.807) is 0 Å². The standard InChI is InChI=1S/C21H19BrF7N3O2.C7H5BrFNO2/c22-15-10-17(30)16(23)9-14(15)18(33)32-7-5-31(6-8-32)11-12-1-3-13(4-2-12)19(34,20(24,25)26)21(27,28)29;8-4-2-6(10)5(9)1-3(4)7(11)12/h1-4,9-10,34H,5-8,11,30H2;1-2H,10H2,(H,11,12). The molecular formula is C28H24Br2F8N4O4. The van der Waals surface area contributed by atoms with Gasteiger partial charge in [-0.1, -0.05) is 24.3 Å². The molecule has 1 aliphatic rings. The first-order valence-corrected chi connectivity index (χ1v) is 14.4. The number of alkyl halides is 6. The molecule has 1 saturated heterocycles. The number of hydrogen-bond acceptors (Lipinski definition) is 6. The number of aromatic carboxylic acids is 1. The number of halogens is 10. The topological polar surface area (TPSA) is 133 Å². The van der Waals surface area contributed by atoms with Crippen LogP contribution in [0.5, 0.6) is 0 Å². The molecule has 8 nitrogen and oxygen atoms in total. The van der Waals surface area contributed by atoms with Crippen LogP contribution in [0.1, 0.15) is 31.8 Å². The van der Waals surface area contributed by atoms with Crippen molar-refractivity contribution >= 4 is 55.1 Å². The van der Waals surface area contributed by atoms with E-state index in [0.29, 0.717) is 35.3 Å². The molecular weight excluding hydrogens is 768 g/mol. The zero-order valence-corrected chi connectivity index (χ0v) is 26.4. The molecule has 0 aromatic heterocycles. The Morgan fingerprint density at radius 1 is 0.761 bits per heavy atom. The molecule has 1 aliphatic heterocycles. The van der Waals surface area contributed by atoms with E-state index in [4.69, 9.17) is 16.6 Å². The van der Waals surface area contributed by atoms with E-state index < -0.39 is 47.0 Å². The summed E-state index contributed by atoms with van der Waals surface area (Å²) < 4.78 is 105. The lowest BCUT2D eigenvalue weighted by Gasteiger charge is -2.35. The fraction of sp³-hybridized carbons (Fsp3) is 0.286. The smallest absolute Gasteiger partial charge is 0.430 e. The molecule has 0 atom stereocenters. The van der Waals surface area contributed by atoms with Gasteiger partial charge in [0.05, 0.1) is 22.5 Å². The summed E-state index contributed by atoms with van der Waals surface area (Å²) in [5.41, 5.74) is 4.58. The number of nitrogens with zero attached hydrogens (tertiary/aromatic N) is 2. The number of benzene rings is 3. The number of amides is 1. The number of nitrogen functional groups attached to an aromatic ring is 2. The number of piperazine rings is 1. The number of rotatable bonds is 5. The maximum absolute atomic E-state index is 13.8. The minimum Gasteiger partial charge on any atom is -0.478 e. The van der Waals surface area contributed by atoms with Gasteiger partial charge in [-0.05, 0) is 61.7 Å². The number of carboxylic acids is 1. The van der Waals surface area contributed by atoms with Crippen molar-refractivity contribution < 1.29 is 54.9 Å². The van der Waals surface area contributed by atoms with Gasteiger partial charge in [-0.2, -0.15) is 26.3 Å². The number of carboxylic acid groups (broad SMARTS) is 1. The average molecular weight is 792 g/mol. The fourth-order valence-electron chi connectivity index (χ4n) is 4.33. The summed E-state index contributed by atoms with van der Waals surface area (Å²) in [5, 5.41) is 18.0. The van der Waals surface area contributed by atoms with Gasteiger partial charge in [0, 0.05) is 47.2 Å². The molecule has 3 aromatic rings. The van der Waals surface area contributed by atoms with Crippen molar-refractivity contribution in [3.8, 4) is 0 Å². The average Bonchev–Trinajstić information content (AvgIpc) is 2.96. The SMILES string of the molecule is Nc1cc(Br)c(C(=O)N2CCN(Cc3ccc(C(O)(C(F)(F)F)C(F)(F)F)cc3)CC2)cc1F.Nc1cc(Br)c(C(=O)O)cc1F. The van der Waals surface area contributed by atoms with Gasteiger partial charge in [-0.25, -0.2) is 13.6 Å². The van der Waals surface area contributed by atoms with Crippen LogP contribution in [0.15, 0.2) is 57.5 Å². The normalized spacial score (nSPS) is 14.5. The largest absolute Gasteiger partial charge is 0.478 e. The van der Waals surface area contributed by atoms with Crippen molar-refractivity contribution in [3.63, 3.8) is 0 Å². The number of hydrogen-bond donors (Lipinski definition) is 4. The summed E-state index contributed by atoms with van der Waals surface area (Å²) in [6.07, 6.45) is -11.9. The number of anilines is 2. The monoisotopic (exact) mass is 790 g/mol. The molecule has 4 rings (SSSR count). The van der Waals surface area contributed by atoms with Crippen LogP contribution >= 0.6 is 31.9 Å². The van der Waals surface area contributed by atoms with E-state index in [0.717, 1.165) is 24.3 Å². The molecule has 0 spiro atoms. The molecule has 3 aromatic carbocycles. The van der Waals surface area contributed by atoms with Crippen molar-refractivity contribution in [1.82, 2.24) is 9.80 Å². The Kier molecular flexibility index (Phi) is 11.3. The molecule has 46 heavy (non-hydrogen) atoms.